The molecule has 12 rings (SSSR count). The molecule has 296 valence electrons. The van der Waals surface area contributed by atoms with Gasteiger partial charge in [-0.2, -0.15) is 0 Å². The van der Waals surface area contributed by atoms with Crippen LogP contribution in [0, 0.1) is 6.92 Å². The molecule has 0 bridgehead atoms. The fraction of sp³-hybridized carbons (Fsp3) is 0.0339. The number of aryl methyl sites for hydroxylation is 1. The highest BCUT2D eigenvalue weighted by molar-refractivity contribution is 5.93. The molecule has 8 aromatic carbocycles. The first kappa shape index (κ1) is 36.6. The van der Waals surface area contributed by atoms with Gasteiger partial charge in [0.05, 0.1) is 22.5 Å². The molecule has 63 heavy (non-hydrogen) atoms. The molecule has 0 fully saturated rings. The predicted octanol–water partition coefficient (Wildman–Crippen LogP) is 14.7. The van der Waals surface area contributed by atoms with Crippen LogP contribution >= 0.6 is 0 Å². The number of pyridine rings is 1. The molecular formula is C59H39N3O. The quantitative estimate of drug-likeness (QED) is 0.168. The van der Waals surface area contributed by atoms with E-state index in [2.05, 4.69) is 189 Å². The summed E-state index contributed by atoms with van der Waals surface area (Å²) in [5.74, 6) is 2.37. The van der Waals surface area contributed by atoms with Crippen molar-refractivity contribution in [3.8, 4) is 90.0 Å². The fourth-order valence-electron chi connectivity index (χ4n) is 9.88. The number of rotatable bonds is 6. The van der Waals surface area contributed by atoms with E-state index in [4.69, 9.17) is 19.7 Å². The van der Waals surface area contributed by atoms with Crippen molar-refractivity contribution in [2.75, 3.05) is 0 Å². The van der Waals surface area contributed by atoms with Crippen molar-refractivity contribution in [1.82, 2.24) is 15.0 Å². The number of benzene rings is 8. The third kappa shape index (κ3) is 5.94. The minimum Gasteiger partial charge on any atom is -0.457 e. The van der Waals surface area contributed by atoms with E-state index in [9.17, 15) is 0 Å². The average molecular weight is 806 g/mol. The maximum Gasteiger partial charge on any atom is 0.160 e. The first-order valence-electron chi connectivity index (χ1n) is 21.4. The van der Waals surface area contributed by atoms with Crippen molar-refractivity contribution >= 4 is 0 Å². The number of aromatic nitrogens is 3. The van der Waals surface area contributed by atoms with Crippen LogP contribution in [-0.4, -0.2) is 15.0 Å². The molecule has 10 aromatic rings. The van der Waals surface area contributed by atoms with Gasteiger partial charge in [0.15, 0.2) is 5.82 Å². The second kappa shape index (κ2) is 14.8. The van der Waals surface area contributed by atoms with E-state index >= 15 is 0 Å². The van der Waals surface area contributed by atoms with Gasteiger partial charge in [0.1, 0.15) is 11.5 Å². The lowest BCUT2D eigenvalue weighted by atomic mass is 9.65. The summed E-state index contributed by atoms with van der Waals surface area (Å²) < 4.78 is 6.84. The molecule has 4 nitrogen and oxygen atoms in total. The van der Waals surface area contributed by atoms with Crippen LogP contribution in [0.5, 0.6) is 11.5 Å². The van der Waals surface area contributed by atoms with Gasteiger partial charge >= 0.3 is 0 Å². The van der Waals surface area contributed by atoms with Crippen molar-refractivity contribution in [2.45, 2.75) is 12.3 Å². The van der Waals surface area contributed by atoms with Crippen LogP contribution in [0.15, 0.2) is 219 Å². The van der Waals surface area contributed by atoms with Crippen LogP contribution in [0.2, 0.25) is 0 Å². The molecule has 1 aliphatic carbocycles. The Morgan fingerprint density at radius 1 is 0.349 bits per heavy atom. The van der Waals surface area contributed by atoms with E-state index in [1.807, 2.05) is 36.5 Å². The predicted molar refractivity (Wildman–Crippen MR) is 255 cm³/mol. The Kier molecular flexibility index (Phi) is 8.58. The number of para-hydroxylation sites is 1. The highest BCUT2D eigenvalue weighted by Gasteiger charge is 2.51. The second-order valence-corrected chi connectivity index (χ2v) is 16.4. The summed E-state index contributed by atoms with van der Waals surface area (Å²) in [4.78, 5) is 15.3. The Labute approximate surface area is 366 Å². The number of hydrogen-bond acceptors (Lipinski definition) is 4. The molecule has 0 N–H and O–H groups in total. The van der Waals surface area contributed by atoms with Gasteiger partial charge in [-0.3, -0.25) is 4.98 Å². The standard InChI is InChI=1S/C59H39N3O/c1-38-33-53(39-17-5-2-6-18-39)60-37-48(38)45-24-12-11-23-44(45)42-29-31-50-47(34-42)46-25-13-14-26-49(46)59(50)51-27-15-16-28-56(51)63-57-32-30-43(35-52(57)59)55-36-54(40-19-7-3-8-20-40)61-58(62-55)41-21-9-4-10-22-41/h2-37H,1H3. The van der Waals surface area contributed by atoms with Crippen molar-refractivity contribution in [1.29, 1.82) is 0 Å². The summed E-state index contributed by atoms with van der Waals surface area (Å²) in [5.41, 5.74) is 19.0. The lowest BCUT2D eigenvalue weighted by Gasteiger charge is -2.39. The number of nitrogens with zero attached hydrogens (tertiary/aromatic N) is 3. The molecule has 0 saturated heterocycles. The summed E-state index contributed by atoms with van der Waals surface area (Å²) in [6, 6.07) is 75.0. The lowest BCUT2D eigenvalue weighted by molar-refractivity contribution is 0.436. The van der Waals surface area contributed by atoms with Gasteiger partial charge in [-0.15, -0.1) is 0 Å². The Bertz CT molecular complexity index is 3320. The molecule has 0 amide bonds. The SMILES string of the molecule is Cc1cc(-c2ccccc2)ncc1-c1ccccc1-c1ccc2c(c1)-c1ccccc1C21c2ccccc2Oc2ccc(-c3cc(-c4ccccc4)nc(-c4ccccc4)n3)cc21. The van der Waals surface area contributed by atoms with Crippen LogP contribution in [0.25, 0.3) is 78.5 Å². The fourth-order valence-corrected chi connectivity index (χ4v) is 9.88. The largest absolute Gasteiger partial charge is 0.457 e. The number of fused-ring (bicyclic) bond motifs is 9. The second-order valence-electron chi connectivity index (χ2n) is 16.4. The average Bonchev–Trinajstić information content (AvgIpc) is 3.64. The van der Waals surface area contributed by atoms with E-state index in [1.165, 1.54) is 33.4 Å². The Balaban J connectivity index is 1.04. The first-order valence-corrected chi connectivity index (χ1v) is 21.4. The lowest BCUT2D eigenvalue weighted by Crippen LogP contribution is -2.32. The van der Waals surface area contributed by atoms with E-state index in [-0.39, 0.29) is 0 Å². The summed E-state index contributed by atoms with van der Waals surface area (Å²) in [6.45, 7) is 2.18. The van der Waals surface area contributed by atoms with E-state index in [0.717, 1.165) is 78.7 Å². The van der Waals surface area contributed by atoms with Crippen LogP contribution in [0.4, 0.5) is 0 Å². The monoisotopic (exact) mass is 805 g/mol. The van der Waals surface area contributed by atoms with Crippen LogP contribution in [0.1, 0.15) is 27.8 Å². The van der Waals surface area contributed by atoms with Gasteiger partial charge in [-0.25, -0.2) is 9.97 Å². The third-order valence-corrected chi connectivity index (χ3v) is 12.8. The van der Waals surface area contributed by atoms with E-state index in [0.29, 0.717) is 5.82 Å². The molecule has 2 aromatic heterocycles. The normalized spacial score (nSPS) is 14.3. The molecule has 2 aliphatic rings. The molecule has 4 heteroatoms. The number of hydrogen-bond donors (Lipinski definition) is 0. The zero-order valence-electron chi connectivity index (χ0n) is 34.5. The van der Waals surface area contributed by atoms with Crippen LogP contribution < -0.4 is 4.74 Å². The van der Waals surface area contributed by atoms with Crippen molar-refractivity contribution < 1.29 is 4.74 Å². The highest BCUT2D eigenvalue weighted by Crippen LogP contribution is 2.62. The van der Waals surface area contributed by atoms with Crippen molar-refractivity contribution in [3.05, 3.63) is 246 Å². The summed E-state index contributed by atoms with van der Waals surface area (Å²) >= 11 is 0. The molecule has 1 unspecified atom stereocenters. The zero-order valence-corrected chi connectivity index (χ0v) is 34.5. The summed E-state index contributed by atoms with van der Waals surface area (Å²) in [6.07, 6.45) is 2.03. The molecule has 0 saturated carbocycles. The van der Waals surface area contributed by atoms with Gasteiger partial charge in [0.2, 0.25) is 0 Å². The van der Waals surface area contributed by atoms with Crippen molar-refractivity contribution in [3.63, 3.8) is 0 Å². The molecule has 3 heterocycles. The maximum absolute atomic E-state index is 6.84. The van der Waals surface area contributed by atoms with Gasteiger partial charge in [0.25, 0.3) is 0 Å². The van der Waals surface area contributed by atoms with Crippen molar-refractivity contribution in [2.24, 2.45) is 0 Å². The molecule has 1 atom stereocenters. The van der Waals surface area contributed by atoms with Gasteiger partial charge in [-0.1, -0.05) is 170 Å². The molecule has 1 spiro atoms. The molecule has 1 aliphatic heterocycles. The molecule has 0 radical (unpaired) electrons. The highest BCUT2D eigenvalue weighted by atomic mass is 16.5. The Morgan fingerprint density at radius 2 is 0.905 bits per heavy atom. The van der Waals surface area contributed by atoms with E-state index in [1.54, 1.807) is 0 Å². The Hall–Kier alpha value is -8.21. The Morgan fingerprint density at radius 3 is 1.63 bits per heavy atom. The van der Waals surface area contributed by atoms with E-state index < -0.39 is 5.41 Å². The maximum atomic E-state index is 6.84. The smallest absolute Gasteiger partial charge is 0.160 e. The first-order chi connectivity index (χ1) is 31.1. The third-order valence-electron chi connectivity index (χ3n) is 12.8. The van der Waals surface area contributed by atoms with Crippen LogP contribution in [-0.2, 0) is 5.41 Å². The minimum atomic E-state index is -0.657. The summed E-state index contributed by atoms with van der Waals surface area (Å²) in [7, 11) is 0. The number of ether oxygens (including phenoxy) is 1. The zero-order chi connectivity index (χ0) is 41.9. The summed E-state index contributed by atoms with van der Waals surface area (Å²) in [5, 5.41) is 0. The minimum absolute atomic E-state index is 0.657. The topological polar surface area (TPSA) is 47.9 Å². The van der Waals surface area contributed by atoms with Gasteiger partial charge in [0, 0.05) is 45.1 Å². The van der Waals surface area contributed by atoms with Gasteiger partial charge < -0.3 is 4.74 Å². The van der Waals surface area contributed by atoms with Gasteiger partial charge in [-0.05, 0) is 93.9 Å². The molecular weight excluding hydrogens is 767 g/mol. The van der Waals surface area contributed by atoms with Crippen LogP contribution in [0.3, 0.4) is 0 Å².